The molecule has 0 spiro atoms. The van der Waals surface area contributed by atoms with E-state index in [4.69, 9.17) is 5.73 Å². The monoisotopic (exact) mass is 264 g/mol. The second-order valence-electron chi connectivity index (χ2n) is 5.18. The summed E-state index contributed by atoms with van der Waals surface area (Å²) >= 11 is 0. The van der Waals surface area contributed by atoms with E-state index in [2.05, 4.69) is 0 Å². The second kappa shape index (κ2) is 5.48. The van der Waals surface area contributed by atoms with Crippen LogP contribution in [0.3, 0.4) is 0 Å². The number of benzene rings is 1. The van der Waals surface area contributed by atoms with E-state index in [0.717, 1.165) is 31.4 Å². The molecule has 1 aliphatic rings. The first-order valence-corrected chi connectivity index (χ1v) is 6.55. The summed E-state index contributed by atoms with van der Waals surface area (Å²) in [6.45, 7) is 2.86. The summed E-state index contributed by atoms with van der Waals surface area (Å²) in [4.78, 5) is 13.2. The molecule has 1 saturated heterocycles. The zero-order valence-corrected chi connectivity index (χ0v) is 11.0. The highest BCUT2D eigenvalue weighted by atomic mass is 16.4. The molecule has 0 amide bonds. The highest BCUT2D eigenvalue weighted by Crippen LogP contribution is 2.25. The maximum atomic E-state index is 11.2. The lowest BCUT2D eigenvalue weighted by Crippen LogP contribution is -2.42. The van der Waals surface area contributed by atoms with Crippen LogP contribution in [0.1, 0.15) is 25.3 Å². The maximum Gasteiger partial charge on any atom is 0.320 e. The molecule has 2 unspecified atom stereocenters. The number of nitrogens with zero attached hydrogens (tertiary/aromatic N) is 1. The number of phenols is 1. The lowest BCUT2D eigenvalue weighted by molar-refractivity contribution is -0.142. The van der Waals surface area contributed by atoms with Crippen molar-refractivity contribution in [2.24, 2.45) is 0 Å². The largest absolute Gasteiger partial charge is 0.506 e. The van der Waals surface area contributed by atoms with Gasteiger partial charge in [-0.2, -0.15) is 0 Å². The predicted molar refractivity (Wildman–Crippen MR) is 73.0 cm³/mol. The lowest BCUT2D eigenvalue weighted by Gasteiger charge is -2.28. The van der Waals surface area contributed by atoms with Crippen molar-refractivity contribution < 1.29 is 15.0 Å². The van der Waals surface area contributed by atoms with Crippen LogP contribution < -0.4 is 5.73 Å². The molecular weight excluding hydrogens is 244 g/mol. The summed E-state index contributed by atoms with van der Waals surface area (Å²) in [7, 11) is 0. The zero-order chi connectivity index (χ0) is 14.0. The third kappa shape index (κ3) is 2.98. The Kier molecular flexibility index (Phi) is 3.95. The number of aromatic hydroxyl groups is 1. The van der Waals surface area contributed by atoms with Gasteiger partial charge in [0.2, 0.25) is 0 Å². The van der Waals surface area contributed by atoms with Crippen LogP contribution in [0.5, 0.6) is 5.75 Å². The maximum absolute atomic E-state index is 11.2. The fourth-order valence-corrected chi connectivity index (χ4v) is 2.77. The number of likely N-dealkylation sites (tertiary alicyclic amines) is 1. The Morgan fingerprint density at radius 1 is 1.58 bits per heavy atom. The van der Waals surface area contributed by atoms with E-state index in [9.17, 15) is 15.0 Å². The summed E-state index contributed by atoms with van der Waals surface area (Å²) in [5, 5.41) is 18.6. The molecule has 1 aliphatic heterocycles. The van der Waals surface area contributed by atoms with Gasteiger partial charge in [0.25, 0.3) is 0 Å². The van der Waals surface area contributed by atoms with E-state index in [0.29, 0.717) is 5.69 Å². The van der Waals surface area contributed by atoms with Crippen molar-refractivity contribution in [1.82, 2.24) is 4.90 Å². The Hall–Kier alpha value is -1.75. The van der Waals surface area contributed by atoms with Crippen LogP contribution in [-0.4, -0.2) is 39.7 Å². The number of carbonyl (C=O) groups is 1. The summed E-state index contributed by atoms with van der Waals surface area (Å²) in [6, 6.07) is 4.93. The van der Waals surface area contributed by atoms with E-state index < -0.39 is 5.97 Å². The molecule has 2 atom stereocenters. The molecule has 0 aromatic heterocycles. The first kappa shape index (κ1) is 13.7. The van der Waals surface area contributed by atoms with Crippen LogP contribution in [0.4, 0.5) is 5.69 Å². The van der Waals surface area contributed by atoms with Crippen molar-refractivity contribution >= 4 is 11.7 Å². The van der Waals surface area contributed by atoms with Crippen molar-refractivity contribution in [3.8, 4) is 5.75 Å². The summed E-state index contributed by atoms with van der Waals surface area (Å²) in [5.74, 6) is -0.657. The molecule has 1 aromatic carbocycles. The number of hydrogen-bond acceptors (Lipinski definition) is 4. The van der Waals surface area contributed by atoms with Gasteiger partial charge in [-0.25, -0.2) is 0 Å². The van der Waals surface area contributed by atoms with Gasteiger partial charge in [0.1, 0.15) is 11.8 Å². The van der Waals surface area contributed by atoms with E-state index in [-0.39, 0.29) is 17.8 Å². The van der Waals surface area contributed by atoms with Crippen LogP contribution in [-0.2, 0) is 11.2 Å². The Bertz CT molecular complexity index is 476. The average molecular weight is 264 g/mol. The number of hydrogen-bond donors (Lipinski definition) is 3. The number of anilines is 1. The molecule has 0 bridgehead atoms. The molecule has 2 rings (SSSR count). The fourth-order valence-electron chi connectivity index (χ4n) is 2.77. The van der Waals surface area contributed by atoms with Crippen LogP contribution in [0.25, 0.3) is 0 Å². The van der Waals surface area contributed by atoms with Gasteiger partial charge < -0.3 is 15.9 Å². The highest BCUT2D eigenvalue weighted by Gasteiger charge is 2.33. The van der Waals surface area contributed by atoms with E-state index in [1.165, 1.54) is 0 Å². The first-order valence-electron chi connectivity index (χ1n) is 6.55. The van der Waals surface area contributed by atoms with Gasteiger partial charge in [-0.1, -0.05) is 6.07 Å². The molecule has 0 aliphatic carbocycles. The zero-order valence-electron chi connectivity index (χ0n) is 11.0. The topological polar surface area (TPSA) is 86.8 Å². The average Bonchev–Trinajstić information content (AvgIpc) is 2.83. The third-order valence-electron chi connectivity index (χ3n) is 3.77. The van der Waals surface area contributed by atoms with Crippen molar-refractivity contribution in [1.29, 1.82) is 0 Å². The number of carboxylic acid groups (broad SMARTS) is 1. The fraction of sp³-hybridized carbons (Fsp3) is 0.500. The third-order valence-corrected chi connectivity index (χ3v) is 3.77. The smallest absolute Gasteiger partial charge is 0.320 e. The number of nitrogens with two attached hydrogens (primary N) is 1. The van der Waals surface area contributed by atoms with Gasteiger partial charge in [-0.15, -0.1) is 0 Å². The van der Waals surface area contributed by atoms with Crippen molar-refractivity contribution in [3.05, 3.63) is 23.8 Å². The minimum Gasteiger partial charge on any atom is -0.506 e. The summed E-state index contributed by atoms with van der Waals surface area (Å²) in [5.41, 5.74) is 7.04. The number of phenolic OH excluding ortho intramolecular Hbond substituents is 1. The standard InChI is InChI=1S/C14H20N2O3/c1-9(16-6-2-3-12(16)14(18)19)7-10-4-5-13(17)11(15)8-10/h4-5,8-9,12,17H,2-3,6-7,15H2,1H3,(H,18,19). The number of rotatable bonds is 4. The summed E-state index contributed by atoms with van der Waals surface area (Å²) < 4.78 is 0. The van der Waals surface area contributed by atoms with Gasteiger partial charge in [0.15, 0.2) is 0 Å². The van der Waals surface area contributed by atoms with Crippen LogP contribution >= 0.6 is 0 Å². The molecule has 104 valence electrons. The van der Waals surface area contributed by atoms with E-state index in [1.807, 2.05) is 17.9 Å². The Morgan fingerprint density at radius 3 is 2.95 bits per heavy atom. The Balaban J connectivity index is 2.05. The lowest BCUT2D eigenvalue weighted by atomic mass is 10.0. The second-order valence-corrected chi connectivity index (χ2v) is 5.18. The van der Waals surface area contributed by atoms with Gasteiger partial charge in [0.05, 0.1) is 5.69 Å². The van der Waals surface area contributed by atoms with Gasteiger partial charge >= 0.3 is 5.97 Å². The van der Waals surface area contributed by atoms with Crippen LogP contribution in [0.15, 0.2) is 18.2 Å². The number of aliphatic carboxylic acids is 1. The number of carboxylic acids is 1. The van der Waals surface area contributed by atoms with Gasteiger partial charge in [-0.05, 0) is 50.4 Å². The van der Waals surface area contributed by atoms with Crippen LogP contribution in [0, 0.1) is 0 Å². The molecule has 4 N–H and O–H groups in total. The van der Waals surface area contributed by atoms with Crippen molar-refractivity contribution in [2.45, 2.75) is 38.3 Å². The molecule has 0 saturated carbocycles. The quantitative estimate of drug-likeness (QED) is 0.566. The van der Waals surface area contributed by atoms with Crippen LogP contribution in [0.2, 0.25) is 0 Å². The normalized spacial score (nSPS) is 21.4. The highest BCUT2D eigenvalue weighted by molar-refractivity contribution is 5.73. The molecule has 0 radical (unpaired) electrons. The predicted octanol–water partition coefficient (Wildman–Crippen LogP) is 1.45. The molecule has 5 nitrogen and oxygen atoms in total. The Labute approximate surface area is 112 Å². The van der Waals surface area contributed by atoms with Crippen molar-refractivity contribution in [2.75, 3.05) is 12.3 Å². The van der Waals surface area contributed by atoms with Gasteiger partial charge in [0, 0.05) is 6.04 Å². The summed E-state index contributed by atoms with van der Waals surface area (Å²) in [6.07, 6.45) is 2.38. The first-order chi connectivity index (χ1) is 8.99. The Morgan fingerprint density at radius 2 is 2.32 bits per heavy atom. The molecule has 5 heteroatoms. The molecule has 1 aromatic rings. The minimum atomic E-state index is -0.741. The van der Waals surface area contributed by atoms with Crippen molar-refractivity contribution in [3.63, 3.8) is 0 Å². The molecule has 19 heavy (non-hydrogen) atoms. The van der Waals surface area contributed by atoms with Gasteiger partial charge in [-0.3, -0.25) is 9.69 Å². The van der Waals surface area contributed by atoms with E-state index >= 15 is 0 Å². The van der Waals surface area contributed by atoms with E-state index in [1.54, 1.807) is 12.1 Å². The molecular formula is C14H20N2O3. The molecule has 1 heterocycles. The molecule has 1 fully saturated rings. The number of nitrogen functional groups attached to an aromatic ring is 1. The minimum absolute atomic E-state index is 0.0842. The SMILES string of the molecule is CC(Cc1ccc(O)c(N)c1)N1CCCC1C(=O)O.